The van der Waals surface area contributed by atoms with Gasteiger partial charge in [-0.1, -0.05) is 231 Å². The summed E-state index contributed by atoms with van der Waals surface area (Å²) < 4.78 is 51.4. The standard InChI is InChI=1S/C33H46O6Si2.C32H46O4Si2.2CH4/c1-9-40(10-2,11-3)23-22-33(24-30(37-26(4)34)31(39-33)38-27(5)35)25-36-41(32(6,7)8,28-18-14-12-15-19-28)29-20-16-13-17-21-29;1-9-37(10-2,11-3)23-22-32(24-28-29(36-32)35-31(7,8)34-28)25-33-38(30(4,5)6,26-18-14-12-15-19-26)27-20-16-13-17-21-27;;/h12-21,30-31H,9-11,24-25H2,1-8H3;12-21,28-29H,9-11,24-25H2,1-8H3;2*1H4/t30?,31-,33-;28?,29-,32+;;/m01../s1. The van der Waals surface area contributed by atoms with Gasteiger partial charge in [0, 0.05) is 26.7 Å². The molecule has 3 fully saturated rings. The molecule has 0 radical (unpaired) electrons. The zero-order chi connectivity index (χ0) is 58.0. The molecule has 10 nitrogen and oxygen atoms in total. The van der Waals surface area contributed by atoms with Crippen LogP contribution < -0.4 is 20.7 Å². The fourth-order valence-corrected chi connectivity index (χ4v) is 26.2. The summed E-state index contributed by atoms with van der Waals surface area (Å²) in [7, 11) is -9.25. The molecule has 3 heterocycles. The Hall–Kier alpha value is -4.43. The van der Waals surface area contributed by atoms with E-state index in [1.807, 2.05) is 50.2 Å². The van der Waals surface area contributed by atoms with Crippen molar-refractivity contribution in [2.75, 3.05) is 13.2 Å². The summed E-state index contributed by atoms with van der Waals surface area (Å²) >= 11 is 0. The summed E-state index contributed by atoms with van der Waals surface area (Å²) in [5.74, 6) is 5.60. The van der Waals surface area contributed by atoms with Crippen LogP contribution in [0.3, 0.4) is 0 Å². The van der Waals surface area contributed by atoms with Gasteiger partial charge in [0.05, 0.1) is 13.2 Å². The molecule has 0 aliphatic carbocycles. The van der Waals surface area contributed by atoms with Crippen LogP contribution in [0.15, 0.2) is 121 Å². The molecule has 6 atom stereocenters. The van der Waals surface area contributed by atoms with Crippen molar-refractivity contribution >= 4 is 65.5 Å². The quantitative estimate of drug-likeness (QED) is 0.0543. The van der Waals surface area contributed by atoms with Crippen LogP contribution in [0.5, 0.6) is 0 Å². The molecule has 7 rings (SSSR count). The van der Waals surface area contributed by atoms with Gasteiger partial charge in [0.15, 0.2) is 29.4 Å². The number of hydrogen-bond donors (Lipinski definition) is 0. The Morgan fingerprint density at radius 2 is 0.840 bits per heavy atom. The predicted molar refractivity (Wildman–Crippen MR) is 342 cm³/mol. The average Bonchev–Trinajstić information content (AvgIpc) is 4.17. The van der Waals surface area contributed by atoms with E-state index < -0.39 is 80.4 Å². The van der Waals surface area contributed by atoms with Gasteiger partial charge in [0.2, 0.25) is 6.29 Å². The molecule has 3 saturated heterocycles. The van der Waals surface area contributed by atoms with Crippen LogP contribution >= 0.6 is 0 Å². The van der Waals surface area contributed by atoms with Gasteiger partial charge in [-0.05, 0) is 80.9 Å². The third-order valence-corrected chi connectivity index (χ3v) is 36.2. The molecule has 4 aromatic carbocycles. The second-order valence-corrected chi connectivity index (χ2v) is 42.9. The van der Waals surface area contributed by atoms with Crippen LogP contribution in [0.25, 0.3) is 0 Å². The maximum absolute atomic E-state index is 12.0. The minimum absolute atomic E-state index is 0. The van der Waals surface area contributed by atoms with E-state index in [1.54, 1.807) is 0 Å². The molecule has 0 amide bonds. The molecule has 4 aromatic rings. The van der Waals surface area contributed by atoms with Gasteiger partial charge in [0.25, 0.3) is 16.6 Å². The van der Waals surface area contributed by atoms with E-state index in [1.165, 1.54) is 24.2 Å². The van der Waals surface area contributed by atoms with Crippen molar-refractivity contribution < 1.29 is 46.9 Å². The molecule has 2 unspecified atom stereocenters. The van der Waals surface area contributed by atoms with Crippen LogP contribution in [0.1, 0.15) is 138 Å². The number of esters is 2. The first-order valence-corrected chi connectivity index (χ1v) is 38.0. The van der Waals surface area contributed by atoms with E-state index in [2.05, 4.69) is 191 Å². The summed E-state index contributed by atoms with van der Waals surface area (Å²) in [6, 6.07) is 48.9. The molecular weight excluding hydrogens is 1080 g/mol. The number of carbonyl (C=O) groups excluding carboxylic acids is 2. The molecule has 0 aromatic heterocycles. The number of rotatable bonds is 18. The summed E-state index contributed by atoms with van der Waals surface area (Å²) in [6.07, 6.45) is -1.53. The lowest BCUT2D eigenvalue weighted by Crippen LogP contribution is -2.67. The first-order chi connectivity index (χ1) is 37.3. The molecule has 81 heavy (non-hydrogen) atoms. The molecule has 14 heteroatoms. The average molecular weight is 1180 g/mol. The lowest BCUT2D eigenvalue weighted by Gasteiger charge is -2.44. The fraction of sp³-hybridized carbons (Fsp3) is 0.552. The van der Waals surface area contributed by atoms with E-state index in [0.29, 0.717) is 13.0 Å². The van der Waals surface area contributed by atoms with Crippen molar-refractivity contribution in [3.05, 3.63) is 121 Å². The Labute approximate surface area is 493 Å². The van der Waals surface area contributed by atoms with E-state index in [-0.39, 0.29) is 44.1 Å². The van der Waals surface area contributed by atoms with Gasteiger partial charge in [-0.15, -0.1) is 11.1 Å². The number of fused-ring (bicyclic) bond motifs is 1. The molecule has 3 aliphatic rings. The van der Waals surface area contributed by atoms with Crippen LogP contribution in [0, 0.1) is 22.9 Å². The first-order valence-electron chi connectivity index (χ1n) is 28.9. The summed E-state index contributed by atoms with van der Waals surface area (Å²) in [5.41, 5.74) is 5.62. The maximum atomic E-state index is 12.0. The van der Waals surface area contributed by atoms with Crippen molar-refractivity contribution in [2.24, 2.45) is 0 Å². The number of carbonyl (C=O) groups is 2. The lowest BCUT2D eigenvalue weighted by molar-refractivity contribution is -0.218. The van der Waals surface area contributed by atoms with Crippen LogP contribution in [0.2, 0.25) is 46.3 Å². The van der Waals surface area contributed by atoms with Crippen molar-refractivity contribution in [3.63, 3.8) is 0 Å². The Kier molecular flexibility index (Phi) is 24.2. The Morgan fingerprint density at radius 1 is 0.506 bits per heavy atom. The largest absolute Gasteiger partial charge is 0.456 e. The number of benzene rings is 4. The monoisotopic (exact) mass is 1180 g/mol. The number of ether oxygens (including phenoxy) is 6. The van der Waals surface area contributed by atoms with Gasteiger partial charge < -0.3 is 37.3 Å². The first kappa shape index (κ1) is 69.1. The molecule has 444 valence electrons. The van der Waals surface area contributed by atoms with Gasteiger partial charge in [-0.3, -0.25) is 9.59 Å². The topological polar surface area (TPSA) is 108 Å². The van der Waals surface area contributed by atoms with E-state index in [4.69, 9.17) is 37.3 Å². The number of hydrogen-bond acceptors (Lipinski definition) is 10. The highest BCUT2D eigenvalue weighted by molar-refractivity contribution is 7.00. The zero-order valence-electron chi connectivity index (χ0n) is 50.5. The van der Waals surface area contributed by atoms with E-state index >= 15 is 0 Å². The van der Waals surface area contributed by atoms with Crippen molar-refractivity contribution in [3.8, 4) is 22.9 Å². The minimum Gasteiger partial charge on any atom is -0.456 e. The zero-order valence-corrected chi connectivity index (χ0v) is 54.5. The second kappa shape index (κ2) is 28.4. The fourth-order valence-electron chi connectivity index (χ4n) is 11.9. The predicted octanol–water partition coefficient (Wildman–Crippen LogP) is 13.1. The molecular formula is C67H100O10Si4. The van der Waals surface area contributed by atoms with Crippen LogP contribution in [-0.4, -0.2) is 99.7 Å². The van der Waals surface area contributed by atoms with E-state index in [9.17, 15) is 9.59 Å². The molecule has 0 N–H and O–H groups in total. The Morgan fingerprint density at radius 3 is 1.14 bits per heavy atom. The Balaban J connectivity index is 0.000000341. The summed E-state index contributed by atoms with van der Waals surface area (Å²) in [4.78, 5) is 24.1. The van der Waals surface area contributed by atoms with Crippen molar-refractivity contribution in [2.45, 2.75) is 227 Å². The summed E-state index contributed by atoms with van der Waals surface area (Å²) in [6.45, 7) is 34.2. The van der Waals surface area contributed by atoms with Crippen molar-refractivity contribution in [1.82, 2.24) is 0 Å². The van der Waals surface area contributed by atoms with Crippen LogP contribution in [0.4, 0.5) is 0 Å². The highest BCUT2D eigenvalue weighted by Crippen LogP contribution is 2.45. The van der Waals surface area contributed by atoms with Gasteiger partial charge in [0.1, 0.15) is 22.3 Å². The third kappa shape index (κ3) is 15.7. The van der Waals surface area contributed by atoms with Crippen LogP contribution in [-0.2, 0) is 46.9 Å². The second-order valence-electron chi connectivity index (χ2n) is 24.4. The van der Waals surface area contributed by atoms with Gasteiger partial charge >= 0.3 is 11.9 Å². The molecule has 0 saturated carbocycles. The Bertz CT molecular complexity index is 2590. The smallest absolute Gasteiger partial charge is 0.305 e. The molecule has 3 aliphatic heterocycles. The molecule has 0 spiro atoms. The summed E-state index contributed by atoms with van der Waals surface area (Å²) in [5, 5.41) is 4.44. The third-order valence-electron chi connectivity index (χ3n) is 16.8. The normalized spacial score (nSPS) is 22.4. The lowest BCUT2D eigenvalue weighted by atomic mass is 10.0. The van der Waals surface area contributed by atoms with Gasteiger partial charge in [-0.2, -0.15) is 0 Å². The van der Waals surface area contributed by atoms with Crippen molar-refractivity contribution in [1.29, 1.82) is 0 Å². The van der Waals surface area contributed by atoms with Gasteiger partial charge in [-0.25, -0.2) is 0 Å². The maximum Gasteiger partial charge on any atom is 0.305 e. The minimum atomic E-state index is -2.92. The SMILES string of the molecule is C.C.CC[Si](C#C[C@@]1(CO[Si](c2ccccc2)(c2ccccc2)C(C)(C)C)CC(OC(C)=O)[C@@H](OC(C)=O)O1)(CC)CC.CC[Si](C#C[C@@]1(CO[Si](c2ccccc2)(c2ccccc2)C(C)(C)C)CC2OC(C)(C)O[C@@H]2O1)(CC)CC. The highest BCUT2D eigenvalue weighted by atomic mass is 28.4. The molecule has 0 bridgehead atoms. The highest BCUT2D eigenvalue weighted by Gasteiger charge is 2.59. The van der Waals surface area contributed by atoms with E-state index in [0.717, 1.165) is 46.6 Å².